The van der Waals surface area contributed by atoms with E-state index < -0.39 is 0 Å². The molecular formula is C28H34N2O3. The molecule has 1 aliphatic rings. The fourth-order valence-corrected chi connectivity index (χ4v) is 3.30. The molecule has 0 atom stereocenters. The van der Waals surface area contributed by atoms with Crippen molar-refractivity contribution in [2.75, 3.05) is 39.5 Å². The van der Waals surface area contributed by atoms with Crippen molar-refractivity contribution < 1.29 is 14.2 Å². The lowest BCUT2D eigenvalue weighted by Gasteiger charge is -2.26. The van der Waals surface area contributed by atoms with Crippen molar-refractivity contribution in [3.8, 4) is 11.5 Å². The van der Waals surface area contributed by atoms with Crippen molar-refractivity contribution >= 4 is 17.9 Å². The monoisotopic (exact) mass is 446 g/mol. The predicted molar refractivity (Wildman–Crippen MR) is 137 cm³/mol. The third-order valence-electron chi connectivity index (χ3n) is 5.08. The van der Waals surface area contributed by atoms with E-state index in [9.17, 15) is 0 Å². The van der Waals surface area contributed by atoms with Gasteiger partial charge in [-0.25, -0.2) is 0 Å². The molecular weight excluding hydrogens is 412 g/mol. The average Bonchev–Trinajstić information content (AvgIpc) is 2.83. The van der Waals surface area contributed by atoms with Gasteiger partial charge >= 0.3 is 0 Å². The van der Waals surface area contributed by atoms with Crippen molar-refractivity contribution in [3.05, 3.63) is 84.6 Å². The van der Waals surface area contributed by atoms with E-state index in [1.165, 1.54) is 0 Å². The highest BCUT2D eigenvalue weighted by Crippen LogP contribution is 2.19. The molecule has 1 heterocycles. The van der Waals surface area contributed by atoms with Gasteiger partial charge in [-0.05, 0) is 67.0 Å². The zero-order valence-corrected chi connectivity index (χ0v) is 19.7. The van der Waals surface area contributed by atoms with Crippen molar-refractivity contribution in [2.24, 2.45) is 4.99 Å². The van der Waals surface area contributed by atoms with E-state index in [1.54, 1.807) is 12.4 Å². The van der Waals surface area contributed by atoms with Crippen LogP contribution >= 0.6 is 0 Å². The van der Waals surface area contributed by atoms with Gasteiger partial charge in [0.05, 0.1) is 19.3 Å². The molecule has 0 N–H and O–H groups in total. The maximum Gasteiger partial charge on any atom is 0.119 e. The molecule has 0 aliphatic carbocycles. The fourth-order valence-electron chi connectivity index (χ4n) is 3.30. The molecule has 3 rings (SSSR count). The lowest BCUT2D eigenvalue weighted by Crippen LogP contribution is -2.38. The standard InChI is InChI=1S/C28H34N2O3/c1-23(2)33-28-12-8-26(9-13-28)24(3)5-4-15-29-16-14-25-6-10-27(11-7-25)32-22-19-30-17-20-31-21-18-30/h4-16,23H,3,17-22H2,1-2H3/b5-4-,16-14+,29-15+. The van der Waals surface area contributed by atoms with Crippen LogP contribution < -0.4 is 9.47 Å². The maximum atomic E-state index is 5.84. The molecule has 0 unspecified atom stereocenters. The summed E-state index contributed by atoms with van der Waals surface area (Å²) in [6.45, 7) is 13.4. The molecule has 0 saturated carbocycles. The number of nitrogens with zero attached hydrogens (tertiary/aromatic N) is 2. The maximum absolute atomic E-state index is 5.84. The van der Waals surface area contributed by atoms with Crippen molar-refractivity contribution in [3.63, 3.8) is 0 Å². The van der Waals surface area contributed by atoms with E-state index in [-0.39, 0.29) is 6.10 Å². The Morgan fingerprint density at radius 2 is 1.76 bits per heavy atom. The second kappa shape index (κ2) is 13.4. The topological polar surface area (TPSA) is 43.3 Å². The van der Waals surface area contributed by atoms with Gasteiger partial charge in [0.15, 0.2) is 0 Å². The number of hydrogen-bond acceptors (Lipinski definition) is 5. The third kappa shape index (κ3) is 9.08. The summed E-state index contributed by atoms with van der Waals surface area (Å²) < 4.78 is 16.9. The molecule has 1 saturated heterocycles. The highest BCUT2D eigenvalue weighted by Gasteiger charge is 2.09. The van der Waals surface area contributed by atoms with Gasteiger partial charge in [0.2, 0.25) is 0 Å². The molecule has 0 bridgehead atoms. The van der Waals surface area contributed by atoms with Crippen LogP contribution in [0.5, 0.6) is 11.5 Å². The molecule has 1 aliphatic heterocycles. The molecule has 2 aromatic carbocycles. The Hall–Kier alpha value is -3.15. The smallest absolute Gasteiger partial charge is 0.119 e. The Morgan fingerprint density at radius 3 is 2.45 bits per heavy atom. The van der Waals surface area contributed by atoms with E-state index >= 15 is 0 Å². The van der Waals surface area contributed by atoms with Crippen LogP contribution in [0.25, 0.3) is 11.6 Å². The largest absolute Gasteiger partial charge is 0.492 e. The van der Waals surface area contributed by atoms with Gasteiger partial charge < -0.3 is 14.2 Å². The number of morpholine rings is 1. The van der Waals surface area contributed by atoms with E-state index in [4.69, 9.17) is 14.2 Å². The van der Waals surface area contributed by atoms with Crippen LogP contribution in [0.4, 0.5) is 0 Å². The minimum absolute atomic E-state index is 0.167. The Labute approximate surface area is 197 Å². The summed E-state index contributed by atoms with van der Waals surface area (Å²) in [5, 5.41) is 0. The van der Waals surface area contributed by atoms with E-state index in [0.29, 0.717) is 6.61 Å². The van der Waals surface area contributed by atoms with Gasteiger partial charge in [-0.15, -0.1) is 0 Å². The van der Waals surface area contributed by atoms with Gasteiger partial charge in [-0.1, -0.05) is 36.9 Å². The summed E-state index contributed by atoms with van der Waals surface area (Å²) in [5.74, 6) is 1.75. The third-order valence-corrected chi connectivity index (χ3v) is 5.08. The number of aliphatic imine (C=N–C) groups is 1. The van der Waals surface area contributed by atoms with Crippen molar-refractivity contribution in [2.45, 2.75) is 20.0 Å². The first kappa shape index (κ1) is 24.5. The van der Waals surface area contributed by atoms with E-state index in [2.05, 4.69) is 16.5 Å². The van der Waals surface area contributed by atoms with Gasteiger partial charge in [-0.3, -0.25) is 9.89 Å². The fraction of sp³-hybridized carbons (Fsp3) is 0.321. The average molecular weight is 447 g/mol. The minimum atomic E-state index is 0.167. The summed E-state index contributed by atoms with van der Waals surface area (Å²) in [6.07, 6.45) is 9.49. The first-order valence-electron chi connectivity index (χ1n) is 11.5. The SMILES string of the molecule is C=C(\C=C/C=N/C=C/c1ccc(OCCN2CCOCC2)cc1)c1ccc(OC(C)C)cc1. The van der Waals surface area contributed by atoms with Crippen LogP contribution in [0.3, 0.4) is 0 Å². The van der Waals surface area contributed by atoms with Gasteiger partial charge in [0.1, 0.15) is 18.1 Å². The van der Waals surface area contributed by atoms with E-state index in [1.807, 2.05) is 80.6 Å². The number of benzene rings is 2. The van der Waals surface area contributed by atoms with Crippen LogP contribution in [0.2, 0.25) is 0 Å². The summed E-state index contributed by atoms with van der Waals surface area (Å²) >= 11 is 0. The highest BCUT2D eigenvalue weighted by molar-refractivity contribution is 5.80. The zero-order valence-electron chi connectivity index (χ0n) is 19.7. The molecule has 2 aromatic rings. The molecule has 5 heteroatoms. The first-order chi connectivity index (χ1) is 16.1. The summed E-state index contributed by atoms with van der Waals surface area (Å²) in [6, 6.07) is 16.0. The summed E-state index contributed by atoms with van der Waals surface area (Å²) in [7, 11) is 0. The highest BCUT2D eigenvalue weighted by atomic mass is 16.5. The van der Waals surface area contributed by atoms with Crippen molar-refractivity contribution in [1.29, 1.82) is 0 Å². The van der Waals surface area contributed by atoms with Crippen LogP contribution in [0.1, 0.15) is 25.0 Å². The quantitative estimate of drug-likeness (QED) is 0.338. The number of rotatable bonds is 11. The molecule has 33 heavy (non-hydrogen) atoms. The normalized spacial score (nSPS) is 15.1. The lowest BCUT2D eigenvalue weighted by atomic mass is 10.1. The van der Waals surface area contributed by atoms with E-state index in [0.717, 1.165) is 61.0 Å². The zero-order chi connectivity index (χ0) is 23.3. The Kier molecular flexibility index (Phi) is 9.95. The van der Waals surface area contributed by atoms with Crippen molar-refractivity contribution in [1.82, 2.24) is 4.90 Å². The predicted octanol–water partition coefficient (Wildman–Crippen LogP) is 5.50. The number of hydrogen-bond donors (Lipinski definition) is 0. The summed E-state index contributed by atoms with van der Waals surface area (Å²) in [4.78, 5) is 6.66. The van der Waals surface area contributed by atoms with Gasteiger partial charge in [0.25, 0.3) is 0 Å². The molecule has 1 fully saturated rings. The van der Waals surface area contributed by atoms with Gasteiger partial charge in [-0.2, -0.15) is 0 Å². The Morgan fingerprint density at radius 1 is 1.06 bits per heavy atom. The Balaban J connectivity index is 1.38. The first-order valence-corrected chi connectivity index (χ1v) is 11.5. The molecule has 174 valence electrons. The lowest BCUT2D eigenvalue weighted by molar-refractivity contribution is 0.0322. The van der Waals surface area contributed by atoms with Crippen LogP contribution in [0, 0.1) is 0 Å². The van der Waals surface area contributed by atoms with Crippen LogP contribution in [0.15, 0.2) is 78.5 Å². The molecule has 0 aromatic heterocycles. The number of allylic oxidation sites excluding steroid dienone is 3. The summed E-state index contributed by atoms with van der Waals surface area (Å²) in [5.41, 5.74) is 3.05. The Bertz CT molecular complexity index is 938. The molecule has 0 radical (unpaired) electrons. The molecule has 5 nitrogen and oxygen atoms in total. The number of ether oxygens (including phenoxy) is 3. The van der Waals surface area contributed by atoms with Gasteiger partial charge in [0, 0.05) is 32.0 Å². The second-order valence-corrected chi connectivity index (χ2v) is 8.06. The minimum Gasteiger partial charge on any atom is -0.492 e. The van der Waals surface area contributed by atoms with Crippen LogP contribution in [-0.2, 0) is 4.74 Å². The molecule has 0 spiro atoms. The second-order valence-electron chi connectivity index (χ2n) is 8.06. The van der Waals surface area contributed by atoms with Crippen LogP contribution in [-0.4, -0.2) is 56.7 Å². The molecule has 0 amide bonds.